The van der Waals surface area contributed by atoms with E-state index in [1.165, 1.54) is 16.8 Å². The Balaban J connectivity index is 0.000000427. The van der Waals surface area contributed by atoms with Crippen molar-refractivity contribution in [1.82, 2.24) is 14.5 Å². The maximum absolute atomic E-state index is 9.10. The second-order valence-electron chi connectivity index (χ2n) is 8.96. The van der Waals surface area contributed by atoms with Gasteiger partial charge in [-0.05, 0) is 49.8 Å². The van der Waals surface area contributed by atoms with Gasteiger partial charge in [0, 0.05) is 25.8 Å². The van der Waals surface area contributed by atoms with Gasteiger partial charge in [0.2, 0.25) is 0 Å². The standard InChI is InChI=1S/C22H31N3O.C2H2O4/c1-16(2)14-18-15-25-13-8-17-6-4-5-7-20(17)21(22(25)23-18)26-19-9-11-24(3)12-10-19;3-1(4)2(5)6/h4-7,15-16,19,21H,8-14H2,1-3H3;(H,3,4)(H,5,6). The number of carbonyl (C=O) groups is 2. The van der Waals surface area contributed by atoms with Gasteiger partial charge in [-0.2, -0.15) is 0 Å². The molecule has 0 amide bonds. The molecule has 2 aliphatic rings. The number of hydrogen-bond donors (Lipinski definition) is 2. The molecule has 1 aromatic carbocycles. The van der Waals surface area contributed by atoms with Crippen molar-refractivity contribution in [2.24, 2.45) is 5.92 Å². The number of benzene rings is 1. The highest BCUT2D eigenvalue weighted by Crippen LogP contribution is 2.34. The van der Waals surface area contributed by atoms with E-state index >= 15 is 0 Å². The molecule has 8 heteroatoms. The monoisotopic (exact) mass is 443 g/mol. The van der Waals surface area contributed by atoms with Gasteiger partial charge < -0.3 is 24.4 Å². The summed E-state index contributed by atoms with van der Waals surface area (Å²) in [6, 6.07) is 8.77. The summed E-state index contributed by atoms with van der Waals surface area (Å²) in [6.07, 6.45) is 6.83. The van der Waals surface area contributed by atoms with E-state index in [-0.39, 0.29) is 6.10 Å². The molecule has 2 aromatic rings. The molecule has 0 aliphatic carbocycles. The van der Waals surface area contributed by atoms with Crippen LogP contribution in [0, 0.1) is 5.92 Å². The van der Waals surface area contributed by atoms with Gasteiger partial charge in [0.1, 0.15) is 11.9 Å². The van der Waals surface area contributed by atoms with Crippen LogP contribution in [0.5, 0.6) is 0 Å². The molecule has 1 saturated heterocycles. The topological polar surface area (TPSA) is 105 Å². The van der Waals surface area contributed by atoms with Gasteiger partial charge in [-0.3, -0.25) is 0 Å². The number of rotatable bonds is 4. The van der Waals surface area contributed by atoms with E-state index in [0.29, 0.717) is 12.0 Å². The molecular weight excluding hydrogens is 410 g/mol. The first-order valence-electron chi connectivity index (χ1n) is 11.2. The number of imidazole rings is 1. The van der Waals surface area contributed by atoms with Crippen LogP contribution in [0.25, 0.3) is 0 Å². The minimum absolute atomic E-state index is 0.0389. The molecule has 1 unspecified atom stereocenters. The summed E-state index contributed by atoms with van der Waals surface area (Å²) in [7, 11) is 2.20. The van der Waals surface area contributed by atoms with Crippen molar-refractivity contribution in [3.63, 3.8) is 0 Å². The van der Waals surface area contributed by atoms with Crippen molar-refractivity contribution < 1.29 is 24.5 Å². The van der Waals surface area contributed by atoms with Crippen LogP contribution in [0.2, 0.25) is 0 Å². The van der Waals surface area contributed by atoms with Gasteiger partial charge in [0.25, 0.3) is 0 Å². The Morgan fingerprint density at radius 2 is 1.78 bits per heavy atom. The van der Waals surface area contributed by atoms with E-state index in [1.807, 2.05) is 0 Å². The molecule has 0 saturated carbocycles. The number of carboxylic acids is 2. The number of aryl methyl sites for hydroxylation is 2. The van der Waals surface area contributed by atoms with Crippen LogP contribution >= 0.6 is 0 Å². The average Bonchev–Trinajstić information content (AvgIpc) is 3.08. The lowest BCUT2D eigenvalue weighted by Gasteiger charge is -2.32. The van der Waals surface area contributed by atoms with Crippen LogP contribution in [-0.4, -0.2) is 62.8 Å². The maximum Gasteiger partial charge on any atom is 0.414 e. The van der Waals surface area contributed by atoms with Crippen LogP contribution in [0.3, 0.4) is 0 Å². The average molecular weight is 444 g/mol. The maximum atomic E-state index is 9.10. The number of fused-ring (bicyclic) bond motifs is 2. The first-order chi connectivity index (χ1) is 15.2. The Labute approximate surface area is 188 Å². The summed E-state index contributed by atoms with van der Waals surface area (Å²) in [4.78, 5) is 25.6. The highest BCUT2D eigenvalue weighted by atomic mass is 16.5. The summed E-state index contributed by atoms with van der Waals surface area (Å²) >= 11 is 0. The van der Waals surface area contributed by atoms with Crippen LogP contribution in [0.1, 0.15) is 55.4 Å². The number of piperidine rings is 1. The van der Waals surface area contributed by atoms with Crippen molar-refractivity contribution in [3.8, 4) is 0 Å². The SMILES string of the molecule is CC(C)Cc1cn2c(n1)C(OC1CCN(C)CC1)c1ccccc1CC2.O=C(O)C(=O)O. The third-order valence-electron chi connectivity index (χ3n) is 5.85. The van der Waals surface area contributed by atoms with Gasteiger partial charge in [0.05, 0.1) is 11.8 Å². The molecule has 0 radical (unpaired) electrons. The molecule has 0 bridgehead atoms. The first-order valence-corrected chi connectivity index (χ1v) is 11.2. The van der Waals surface area contributed by atoms with E-state index in [2.05, 4.69) is 60.8 Å². The molecule has 174 valence electrons. The molecule has 4 rings (SSSR count). The smallest absolute Gasteiger partial charge is 0.414 e. The van der Waals surface area contributed by atoms with E-state index in [0.717, 1.165) is 51.1 Å². The number of carboxylic acid groups (broad SMARTS) is 2. The quantitative estimate of drug-likeness (QED) is 0.700. The molecule has 3 heterocycles. The molecule has 2 N–H and O–H groups in total. The number of aromatic nitrogens is 2. The lowest BCUT2D eigenvalue weighted by molar-refractivity contribution is -0.159. The molecule has 0 spiro atoms. The van der Waals surface area contributed by atoms with Crippen LogP contribution < -0.4 is 0 Å². The third-order valence-corrected chi connectivity index (χ3v) is 5.85. The predicted molar refractivity (Wildman–Crippen MR) is 120 cm³/mol. The van der Waals surface area contributed by atoms with Crippen LogP contribution in [-0.2, 0) is 33.7 Å². The number of nitrogens with zero attached hydrogens (tertiary/aromatic N) is 3. The molecule has 1 aromatic heterocycles. The fourth-order valence-corrected chi connectivity index (χ4v) is 4.24. The van der Waals surface area contributed by atoms with Crippen molar-refractivity contribution in [3.05, 3.63) is 53.1 Å². The number of hydrogen-bond acceptors (Lipinski definition) is 5. The summed E-state index contributed by atoms with van der Waals surface area (Å²) in [6.45, 7) is 7.74. The minimum atomic E-state index is -1.82. The number of aliphatic carboxylic acids is 2. The minimum Gasteiger partial charge on any atom is -0.473 e. The molecule has 1 atom stereocenters. The first kappa shape index (κ1) is 23.9. The van der Waals surface area contributed by atoms with Gasteiger partial charge in [0.15, 0.2) is 0 Å². The van der Waals surface area contributed by atoms with Crippen molar-refractivity contribution >= 4 is 11.9 Å². The predicted octanol–water partition coefficient (Wildman–Crippen LogP) is 2.99. The lowest BCUT2D eigenvalue weighted by Crippen LogP contribution is -2.35. The largest absolute Gasteiger partial charge is 0.473 e. The zero-order valence-corrected chi connectivity index (χ0v) is 19.0. The molecule has 1 fully saturated rings. The van der Waals surface area contributed by atoms with E-state index in [9.17, 15) is 0 Å². The molecule has 32 heavy (non-hydrogen) atoms. The van der Waals surface area contributed by atoms with Crippen LogP contribution in [0.15, 0.2) is 30.5 Å². The summed E-state index contributed by atoms with van der Waals surface area (Å²) < 4.78 is 9.07. The lowest BCUT2D eigenvalue weighted by atomic mass is 10.00. The normalized spacial score (nSPS) is 18.8. The van der Waals surface area contributed by atoms with E-state index in [1.54, 1.807) is 0 Å². The number of ether oxygens (including phenoxy) is 1. The Hall–Kier alpha value is -2.71. The Bertz CT molecular complexity index is 919. The highest BCUT2D eigenvalue weighted by Gasteiger charge is 2.30. The zero-order chi connectivity index (χ0) is 23.3. The van der Waals surface area contributed by atoms with Gasteiger partial charge in [-0.1, -0.05) is 38.1 Å². The Morgan fingerprint density at radius 1 is 1.12 bits per heavy atom. The molecule has 2 aliphatic heterocycles. The fraction of sp³-hybridized carbons (Fsp3) is 0.542. The Morgan fingerprint density at radius 3 is 2.41 bits per heavy atom. The fourth-order valence-electron chi connectivity index (χ4n) is 4.24. The summed E-state index contributed by atoms with van der Waals surface area (Å²) in [5.74, 6) is -1.93. The highest BCUT2D eigenvalue weighted by molar-refractivity contribution is 6.27. The summed E-state index contributed by atoms with van der Waals surface area (Å²) in [5, 5.41) is 14.8. The Kier molecular flexibility index (Phi) is 8.04. The van der Waals surface area contributed by atoms with Gasteiger partial charge in [-0.25, -0.2) is 14.6 Å². The zero-order valence-electron chi connectivity index (χ0n) is 19.0. The molecule has 8 nitrogen and oxygen atoms in total. The van der Waals surface area contributed by atoms with Crippen molar-refractivity contribution in [2.75, 3.05) is 20.1 Å². The second-order valence-corrected chi connectivity index (χ2v) is 8.96. The van der Waals surface area contributed by atoms with Crippen LogP contribution in [0.4, 0.5) is 0 Å². The second kappa shape index (κ2) is 10.7. The van der Waals surface area contributed by atoms with Gasteiger partial charge in [-0.15, -0.1) is 0 Å². The van der Waals surface area contributed by atoms with Crippen molar-refractivity contribution in [1.29, 1.82) is 0 Å². The van der Waals surface area contributed by atoms with E-state index < -0.39 is 11.9 Å². The van der Waals surface area contributed by atoms with E-state index in [4.69, 9.17) is 29.5 Å². The third kappa shape index (κ3) is 6.17. The molecular formula is C24H33N3O5. The number of likely N-dealkylation sites (tertiary alicyclic amines) is 1. The van der Waals surface area contributed by atoms with Gasteiger partial charge >= 0.3 is 11.9 Å². The van der Waals surface area contributed by atoms with Crippen molar-refractivity contribution in [2.45, 2.75) is 58.3 Å². The summed E-state index contributed by atoms with van der Waals surface area (Å²) in [5.41, 5.74) is 3.92.